The molecule has 19 heavy (non-hydrogen) atoms. The van der Waals surface area contributed by atoms with Crippen LogP contribution in [-0.4, -0.2) is 8.07 Å². The van der Waals surface area contributed by atoms with Gasteiger partial charge in [0.1, 0.15) is 0 Å². The molecule has 95 valence electrons. The van der Waals surface area contributed by atoms with Crippen LogP contribution in [0.5, 0.6) is 0 Å². The quantitative estimate of drug-likeness (QED) is 0.780. The Balaban J connectivity index is 2.27. The number of aryl methyl sites for hydroxylation is 1. The van der Waals surface area contributed by atoms with Crippen LogP contribution in [0.15, 0.2) is 42.5 Å². The van der Waals surface area contributed by atoms with Crippen molar-refractivity contribution in [2.45, 2.75) is 26.1 Å². The molecule has 0 amide bonds. The highest BCUT2D eigenvalue weighted by Gasteiger charge is 2.24. The molecule has 0 bridgehead atoms. The molecule has 0 spiro atoms. The molecule has 2 rings (SSSR count). The van der Waals surface area contributed by atoms with Crippen LogP contribution in [0.2, 0.25) is 13.1 Å². The molecule has 2 aromatic rings. The number of nitrogens with zero attached hydrogens (tertiary/aromatic N) is 1. The van der Waals surface area contributed by atoms with Gasteiger partial charge in [0.15, 0.2) is 0 Å². The van der Waals surface area contributed by atoms with E-state index in [1.807, 2.05) is 24.3 Å². The Morgan fingerprint density at radius 2 is 1.84 bits per heavy atom. The Labute approximate surface area is 116 Å². The minimum Gasteiger partial charge on any atom is -0.192 e. The zero-order chi connectivity index (χ0) is 13.9. The first-order valence-electron chi connectivity index (χ1n) is 6.50. The summed E-state index contributed by atoms with van der Waals surface area (Å²) in [6.07, 6.45) is 0. The number of hydrogen-bond donors (Lipinski definition) is 0. The van der Waals surface area contributed by atoms with Gasteiger partial charge in [-0.05, 0) is 42.3 Å². The SMILES string of the molecule is Cc1ccc[c]c1C[Si](C)(C)c1ccc(C#N)cc1. The molecule has 0 aromatic heterocycles. The molecule has 0 fully saturated rings. The van der Waals surface area contributed by atoms with Crippen molar-refractivity contribution in [2.75, 3.05) is 0 Å². The lowest BCUT2D eigenvalue weighted by Gasteiger charge is -2.24. The molecule has 2 aromatic carbocycles. The van der Waals surface area contributed by atoms with Crippen LogP contribution < -0.4 is 5.19 Å². The lowest BCUT2D eigenvalue weighted by molar-refractivity contribution is 1.25. The van der Waals surface area contributed by atoms with E-state index in [-0.39, 0.29) is 0 Å². The summed E-state index contributed by atoms with van der Waals surface area (Å²) >= 11 is 0. The van der Waals surface area contributed by atoms with E-state index in [4.69, 9.17) is 5.26 Å². The molecule has 0 aliphatic heterocycles. The minimum atomic E-state index is -1.53. The molecule has 0 saturated carbocycles. The standard InChI is InChI=1S/C17H18NSi/c1-14-6-4-5-7-16(14)13-19(2,3)17-10-8-15(12-18)9-11-17/h4-6,8-11H,13H2,1-3H3. The van der Waals surface area contributed by atoms with E-state index in [1.54, 1.807) is 0 Å². The maximum atomic E-state index is 8.86. The third-order valence-corrected chi connectivity index (χ3v) is 6.72. The van der Waals surface area contributed by atoms with Crippen molar-refractivity contribution in [2.24, 2.45) is 0 Å². The predicted molar refractivity (Wildman–Crippen MR) is 82.0 cm³/mol. The van der Waals surface area contributed by atoms with Crippen LogP contribution >= 0.6 is 0 Å². The molecule has 1 radical (unpaired) electrons. The van der Waals surface area contributed by atoms with Gasteiger partial charge in [0.25, 0.3) is 0 Å². The van der Waals surface area contributed by atoms with Crippen molar-refractivity contribution in [1.82, 2.24) is 0 Å². The second-order valence-corrected chi connectivity index (χ2v) is 10.3. The lowest BCUT2D eigenvalue weighted by Crippen LogP contribution is -2.44. The maximum absolute atomic E-state index is 8.86. The van der Waals surface area contributed by atoms with Gasteiger partial charge in [-0.1, -0.05) is 48.6 Å². The normalized spacial score (nSPS) is 11.1. The van der Waals surface area contributed by atoms with Crippen LogP contribution in [-0.2, 0) is 6.04 Å². The highest BCUT2D eigenvalue weighted by molar-refractivity contribution is 6.89. The Bertz CT molecular complexity index is 606. The van der Waals surface area contributed by atoms with E-state index in [1.165, 1.54) is 16.3 Å². The van der Waals surface area contributed by atoms with Gasteiger partial charge in [0, 0.05) is 0 Å². The summed E-state index contributed by atoms with van der Waals surface area (Å²) in [6, 6.07) is 20.9. The summed E-state index contributed by atoms with van der Waals surface area (Å²) in [7, 11) is -1.53. The lowest BCUT2D eigenvalue weighted by atomic mass is 10.1. The molecular formula is C17H18NSi. The van der Waals surface area contributed by atoms with Crippen LogP contribution in [0.25, 0.3) is 0 Å². The Morgan fingerprint density at radius 1 is 1.16 bits per heavy atom. The minimum absolute atomic E-state index is 0.732. The molecule has 0 heterocycles. The third kappa shape index (κ3) is 3.13. The summed E-state index contributed by atoms with van der Waals surface area (Å²) in [6.45, 7) is 6.89. The van der Waals surface area contributed by atoms with Gasteiger partial charge in [-0.25, -0.2) is 0 Å². The summed E-state index contributed by atoms with van der Waals surface area (Å²) in [4.78, 5) is 0. The van der Waals surface area contributed by atoms with Gasteiger partial charge in [0.05, 0.1) is 19.7 Å². The van der Waals surface area contributed by atoms with E-state index in [0.29, 0.717) is 0 Å². The predicted octanol–water partition coefficient (Wildman–Crippen LogP) is 3.36. The van der Waals surface area contributed by atoms with Crippen molar-refractivity contribution in [1.29, 1.82) is 5.26 Å². The smallest absolute Gasteiger partial charge is 0.0991 e. The largest absolute Gasteiger partial charge is 0.192 e. The first kappa shape index (κ1) is 13.6. The topological polar surface area (TPSA) is 23.8 Å². The zero-order valence-electron chi connectivity index (χ0n) is 11.7. The van der Waals surface area contributed by atoms with Gasteiger partial charge >= 0.3 is 0 Å². The number of rotatable bonds is 3. The van der Waals surface area contributed by atoms with Crippen molar-refractivity contribution in [3.05, 3.63) is 65.2 Å². The molecular weight excluding hydrogens is 246 g/mol. The van der Waals surface area contributed by atoms with Gasteiger partial charge in [-0.3, -0.25) is 0 Å². The van der Waals surface area contributed by atoms with Crippen LogP contribution in [0.4, 0.5) is 0 Å². The molecule has 0 atom stereocenters. The average Bonchev–Trinajstić information content (AvgIpc) is 2.41. The summed E-state index contributed by atoms with van der Waals surface area (Å²) < 4.78 is 0. The first-order chi connectivity index (χ1) is 9.03. The summed E-state index contributed by atoms with van der Waals surface area (Å²) in [5.74, 6) is 0. The first-order valence-corrected chi connectivity index (χ1v) is 9.70. The molecule has 0 aliphatic carbocycles. The summed E-state index contributed by atoms with van der Waals surface area (Å²) in [5, 5.41) is 10.3. The Hall–Kier alpha value is -1.85. The Kier molecular flexibility index (Phi) is 3.87. The van der Waals surface area contributed by atoms with E-state index in [0.717, 1.165) is 11.6 Å². The molecule has 0 N–H and O–H groups in total. The van der Waals surface area contributed by atoms with Crippen molar-refractivity contribution < 1.29 is 0 Å². The van der Waals surface area contributed by atoms with Crippen molar-refractivity contribution in [3.63, 3.8) is 0 Å². The molecule has 0 saturated heterocycles. The molecule has 0 aliphatic rings. The van der Waals surface area contributed by atoms with E-state index in [9.17, 15) is 0 Å². The van der Waals surface area contributed by atoms with Crippen LogP contribution in [0, 0.1) is 24.3 Å². The van der Waals surface area contributed by atoms with E-state index >= 15 is 0 Å². The molecule has 1 nitrogen and oxygen atoms in total. The van der Waals surface area contributed by atoms with Gasteiger partial charge < -0.3 is 0 Å². The van der Waals surface area contributed by atoms with Crippen molar-refractivity contribution in [3.8, 4) is 6.07 Å². The van der Waals surface area contributed by atoms with Gasteiger partial charge in [-0.15, -0.1) is 0 Å². The monoisotopic (exact) mass is 264 g/mol. The third-order valence-electron chi connectivity index (χ3n) is 3.59. The fraction of sp³-hybridized carbons (Fsp3) is 0.235. The molecule has 0 unspecified atom stereocenters. The molecule has 2 heteroatoms. The number of benzene rings is 2. The van der Waals surface area contributed by atoms with E-state index < -0.39 is 8.07 Å². The fourth-order valence-corrected chi connectivity index (χ4v) is 4.82. The number of nitriles is 1. The second-order valence-electron chi connectivity index (χ2n) is 5.58. The van der Waals surface area contributed by atoms with Crippen molar-refractivity contribution >= 4 is 13.3 Å². The zero-order valence-corrected chi connectivity index (χ0v) is 12.7. The van der Waals surface area contributed by atoms with Gasteiger partial charge in [-0.2, -0.15) is 5.26 Å². The second kappa shape index (κ2) is 5.42. The highest BCUT2D eigenvalue weighted by Crippen LogP contribution is 2.15. The van der Waals surface area contributed by atoms with Gasteiger partial charge in [0.2, 0.25) is 0 Å². The maximum Gasteiger partial charge on any atom is 0.0991 e. The Morgan fingerprint density at radius 3 is 2.42 bits per heavy atom. The number of hydrogen-bond acceptors (Lipinski definition) is 1. The summed E-state index contributed by atoms with van der Waals surface area (Å²) in [5.41, 5.74) is 3.37. The van der Waals surface area contributed by atoms with E-state index in [2.05, 4.69) is 50.4 Å². The average molecular weight is 264 g/mol. The van der Waals surface area contributed by atoms with Crippen LogP contribution in [0.1, 0.15) is 16.7 Å². The van der Waals surface area contributed by atoms with Crippen LogP contribution in [0.3, 0.4) is 0 Å². The highest BCUT2D eigenvalue weighted by atomic mass is 28.3. The fourth-order valence-electron chi connectivity index (χ4n) is 2.29.